The molecule has 0 radical (unpaired) electrons. The predicted molar refractivity (Wildman–Crippen MR) is 88.1 cm³/mol. The molecule has 2 aromatic rings. The Morgan fingerprint density at radius 2 is 2.00 bits per heavy atom. The summed E-state index contributed by atoms with van der Waals surface area (Å²) < 4.78 is 0. The molecule has 1 aromatic heterocycles. The maximum atomic E-state index is 12.2. The smallest absolute Gasteiger partial charge is 0.251 e. The van der Waals surface area contributed by atoms with Crippen molar-refractivity contribution in [3.8, 4) is 0 Å². The molecule has 116 valence electrons. The van der Waals surface area contributed by atoms with E-state index in [4.69, 9.17) is 0 Å². The zero-order chi connectivity index (χ0) is 15.5. The number of carbonyl (C=O) groups is 1. The summed E-state index contributed by atoms with van der Waals surface area (Å²) in [6, 6.07) is 7.88. The van der Waals surface area contributed by atoms with Crippen molar-refractivity contribution in [3.05, 3.63) is 45.7 Å². The van der Waals surface area contributed by atoms with E-state index in [0.717, 1.165) is 42.4 Å². The second-order valence-corrected chi connectivity index (χ2v) is 6.10. The Labute approximate surface area is 130 Å². The summed E-state index contributed by atoms with van der Waals surface area (Å²) in [6.45, 7) is 3.72. The van der Waals surface area contributed by atoms with Gasteiger partial charge in [-0.25, -0.2) is 0 Å². The van der Waals surface area contributed by atoms with E-state index >= 15 is 0 Å². The van der Waals surface area contributed by atoms with Crippen molar-refractivity contribution in [3.63, 3.8) is 0 Å². The minimum atomic E-state index is -0.0757. The van der Waals surface area contributed by atoms with Crippen LogP contribution in [0, 0.1) is 6.92 Å². The minimum Gasteiger partial charge on any atom is -0.343 e. The van der Waals surface area contributed by atoms with Gasteiger partial charge in [0, 0.05) is 25.1 Å². The van der Waals surface area contributed by atoms with E-state index in [-0.39, 0.29) is 11.5 Å². The van der Waals surface area contributed by atoms with Crippen molar-refractivity contribution in [1.29, 1.82) is 0 Å². The molecule has 2 heterocycles. The zero-order valence-corrected chi connectivity index (χ0v) is 13.0. The normalized spacial score (nSPS) is 15.2. The summed E-state index contributed by atoms with van der Waals surface area (Å²) >= 11 is 0. The molecule has 1 aliphatic heterocycles. The molecule has 0 saturated carbocycles. The van der Waals surface area contributed by atoms with Gasteiger partial charge in [0.1, 0.15) is 0 Å². The molecule has 1 N–H and O–H groups in total. The Bertz CT molecular complexity index is 742. The summed E-state index contributed by atoms with van der Waals surface area (Å²) in [5.74, 6) is 0.170. The molecule has 1 aromatic carbocycles. The number of para-hydroxylation sites is 1. The number of aromatic amines is 1. The molecule has 0 atom stereocenters. The van der Waals surface area contributed by atoms with Crippen LogP contribution in [0.4, 0.5) is 0 Å². The Hall–Kier alpha value is -2.10. The maximum absolute atomic E-state index is 12.2. The van der Waals surface area contributed by atoms with Crippen LogP contribution in [0.5, 0.6) is 0 Å². The summed E-state index contributed by atoms with van der Waals surface area (Å²) in [4.78, 5) is 29.3. The summed E-state index contributed by atoms with van der Waals surface area (Å²) in [7, 11) is 0. The number of piperidine rings is 1. The number of hydrogen-bond donors (Lipinski definition) is 1. The fourth-order valence-corrected chi connectivity index (χ4v) is 3.16. The zero-order valence-electron chi connectivity index (χ0n) is 13.0. The van der Waals surface area contributed by atoms with E-state index in [1.54, 1.807) is 0 Å². The lowest BCUT2D eigenvalue weighted by atomic mass is 10.1. The maximum Gasteiger partial charge on any atom is 0.251 e. The van der Waals surface area contributed by atoms with E-state index < -0.39 is 0 Å². The van der Waals surface area contributed by atoms with Crippen LogP contribution >= 0.6 is 0 Å². The molecule has 0 aliphatic carbocycles. The predicted octanol–water partition coefficient (Wildman–Crippen LogP) is 2.78. The van der Waals surface area contributed by atoms with Crippen molar-refractivity contribution < 1.29 is 4.79 Å². The average Bonchev–Trinajstić information content (AvgIpc) is 2.54. The van der Waals surface area contributed by atoms with Crippen LogP contribution in [0.3, 0.4) is 0 Å². The lowest BCUT2D eigenvalue weighted by Crippen LogP contribution is -2.35. The van der Waals surface area contributed by atoms with Crippen molar-refractivity contribution in [1.82, 2.24) is 9.88 Å². The van der Waals surface area contributed by atoms with Gasteiger partial charge < -0.3 is 9.88 Å². The first-order valence-electron chi connectivity index (χ1n) is 8.04. The molecule has 1 aliphatic rings. The van der Waals surface area contributed by atoms with Crippen LogP contribution in [-0.4, -0.2) is 28.9 Å². The third-order valence-electron chi connectivity index (χ3n) is 4.48. The van der Waals surface area contributed by atoms with Crippen molar-refractivity contribution in [2.45, 2.75) is 39.0 Å². The van der Waals surface area contributed by atoms with Crippen LogP contribution < -0.4 is 5.56 Å². The molecule has 4 nitrogen and oxygen atoms in total. The monoisotopic (exact) mass is 298 g/mol. The van der Waals surface area contributed by atoms with Crippen LogP contribution in [0.2, 0.25) is 0 Å². The van der Waals surface area contributed by atoms with Crippen LogP contribution in [-0.2, 0) is 11.2 Å². The largest absolute Gasteiger partial charge is 0.343 e. The van der Waals surface area contributed by atoms with Crippen LogP contribution in [0.15, 0.2) is 29.1 Å². The third kappa shape index (κ3) is 3.06. The molecular formula is C18H22N2O2. The van der Waals surface area contributed by atoms with Gasteiger partial charge in [-0.05, 0) is 49.6 Å². The molecule has 22 heavy (non-hydrogen) atoms. The first-order chi connectivity index (χ1) is 10.6. The lowest BCUT2D eigenvalue weighted by Gasteiger charge is -2.26. The number of fused-ring (bicyclic) bond motifs is 1. The molecule has 3 rings (SSSR count). The van der Waals surface area contributed by atoms with Gasteiger partial charge in [-0.1, -0.05) is 18.2 Å². The molecule has 1 amide bonds. The SMILES string of the molecule is Cc1cccc2cc(CCC(=O)N3CCCCC3)c(=O)[nH]c12. The van der Waals surface area contributed by atoms with Crippen molar-refractivity contribution >= 4 is 16.8 Å². The Morgan fingerprint density at radius 1 is 1.23 bits per heavy atom. The second-order valence-electron chi connectivity index (χ2n) is 6.10. The van der Waals surface area contributed by atoms with Gasteiger partial charge in [0.2, 0.25) is 5.91 Å². The van der Waals surface area contributed by atoms with E-state index in [0.29, 0.717) is 18.4 Å². The Morgan fingerprint density at radius 3 is 2.77 bits per heavy atom. The van der Waals surface area contributed by atoms with Gasteiger partial charge in [-0.15, -0.1) is 0 Å². The van der Waals surface area contributed by atoms with Crippen LogP contribution in [0.1, 0.15) is 36.8 Å². The number of amides is 1. The average molecular weight is 298 g/mol. The minimum absolute atomic E-state index is 0.0757. The summed E-state index contributed by atoms with van der Waals surface area (Å²) in [5, 5.41) is 1.03. The lowest BCUT2D eigenvalue weighted by molar-refractivity contribution is -0.132. The fourth-order valence-electron chi connectivity index (χ4n) is 3.16. The van der Waals surface area contributed by atoms with Gasteiger partial charge in [-0.3, -0.25) is 9.59 Å². The van der Waals surface area contributed by atoms with Crippen molar-refractivity contribution in [2.75, 3.05) is 13.1 Å². The number of H-pyrrole nitrogens is 1. The first kappa shape index (κ1) is 14.8. The Kier molecular flexibility index (Phi) is 4.27. The molecule has 0 spiro atoms. The number of hydrogen-bond acceptors (Lipinski definition) is 2. The number of aryl methyl sites for hydroxylation is 2. The van der Waals surface area contributed by atoms with E-state index in [1.807, 2.05) is 36.1 Å². The molecule has 4 heteroatoms. The highest BCUT2D eigenvalue weighted by Crippen LogP contribution is 2.16. The van der Waals surface area contributed by atoms with E-state index in [2.05, 4.69) is 4.98 Å². The van der Waals surface area contributed by atoms with Gasteiger partial charge in [0.25, 0.3) is 5.56 Å². The number of benzene rings is 1. The highest BCUT2D eigenvalue weighted by Gasteiger charge is 2.16. The number of nitrogens with one attached hydrogen (secondary N) is 1. The number of aromatic nitrogens is 1. The molecule has 1 saturated heterocycles. The van der Waals surface area contributed by atoms with Gasteiger partial charge in [-0.2, -0.15) is 0 Å². The second kappa shape index (κ2) is 6.34. The topological polar surface area (TPSA) is 53.2 Å². The molecule has 0 unspecified atom stereocenters. The van der Waals surface area contributed by atoms with Gasteiger partial charge >= 0.3 is 0 Å². The number of likely N-dealkylation sites (tertiary alicyclic amines) is 1. The first-order valence-corrected chi connectivity index (χ1v) is 8.04. The summed E-state index contributed by atoms with van der Waals surface area (Å²) in [6.07, 6.45) is 4.34. The highest BCUT2D eigenvalue weighted by molar-refractivity contribution is 5.82. The van der Waals surface area contributed by atoms with Crippen molar-refractivity contribution in [2.24, 2.45) is 0 Å². The number of carbonyl (C=O) groups excluding carboxylic acids is 1. The fraction of sp³-hybridized carbons (Fsp3) is 0.444. The molecular weight excluding hydrogens is 276 g/mol. The number of rotatable bonds is 3. The third-order valence-corrected chi connectivity index (χ3v) is 4.48. The summed E-state index contributed by atoms with van der Waals surface area (Å²) in [5.41, 5.74) is 2.57. The number of nitrogens with zero attached hydrogens (tertiary/aromatic N) is 1. The Balaban J connectivity index is 1.75. The van der Waals surface area contributed by atoms with E-state index in [1.165, 1.54) is 6.42 Å². The quantitative estimate of drug-likeness (QED) is 0.947. The number of pyridine rings is 1. The highest BCUT2D eigenvalue weighted by atomic mass is 16.2. The van der Waals surface area contributed by atoms with E-state index in [9.17, 15) is 9.59 Å². The molecule has 1 fully saturated rings. The standard InChI is InChI=1S/C18H22N2O2/c1-13-6-5-7-14-12-15(18(22)19-17(13)14)8-9-16(21)20-10-3-2-4-11-20/h5-7,12H,2-4,8-11H2,1H3,(H,19,22). The van der Waals surface area contributed by atoms with Crippen LogP contribution in [0.25, 0.3) is 10.9 Å². The van der Waals surface area contributed by atoms with Gasteiger partial charge in [0.15, 0.2) is 0 Å². The van der Waals surface area contributed by atoms with Gasteiger partial charge in [0.05, 0.1) is 5.52 Å². The molecule has 0 bridgehead atoms.